The quantitative estimate of drug-likeness (QED) is 0.524. The predicted molar refractivity (Wildman–Crippen MR) is 110 cm³/mol. The fraction of sp³-hybridized carbons (Fsp3) is 0.136. The highest BCUT2D eigenvalue weighted by molar-refractivity contribution is 5.60. The van der Waals surface area contributed by atoms with Crippen molar-refractivity contribution in [3.63, 3.8) is 0 Å². The fourth-order valence-electron chi connectivity index (χ4n) is 3.14. The number of aryl methyl sites for hydroxylation is 1. The Kier molecular flexibility index (Phi) is 4.87. The average Bonchev–Trinajstić information content (AvgIpc) is 3.24. The van der Waals surface area contributed by atoms with Gasteiger partial charge in [-0.1, -0.05) is 24.3 Å². The minimum atomic E-state index is -0.312. The second-order valence-corrected chi connectivity index (χ2v) is 6.46. The second kappa shape index (κ2) is 7.63. The van der Waals surface area contributed by atoms with Crippen molar-refractivity contribution in [1.82, 2.24) is 19.6 Å². The molecular weight excluding hydrogens is 368 g/mol. The third-order valence-electron chi connectivity index (χ3n) is 4.57. The topological polar surface area (TPSA) is 71.2 Å². The molecule has 0 aliphatic heterocycles. The van der Waals surface area contributed by atoms with Gasteiger partial charge in [0.2, 0.25) is 0 Å². The number of aromatic nitrogens is 4. The summed E-state index contributed by atoms with van der Waals surface area (Å²) in [5, 5.41) is 8.97. The zero-order valence-electron chi connectivity index (χ0n) is 16.4. The van der Waals surface area contributed by atoms with Crippen LogP contribution in [-0.4, -0.2) is 33.8 Å². The van der Waals surface area contributed by atoms with Gasteiger partial charge in [0, 0.05) is 0 Å². The Balaban J connectivity index is 1.94. The Morgan fingerprint density at radius 2 is 1.69 bits per heavy atom. The van der Waals surface area contributed by atoms with Crippen molar-refractivity contribution in [3.8, 4) is 34.3 Å². The number of nitrogens with zero attached hydrogens (tertiary/aromatic N) is 4. The second-order valence-electron chi connectivity index (χ2n) is 6.46. The molecule has 146 valence electrons. The monoisotopic (exact) mass is 388 g/mol. The Morgan fingerprint density at radius 1 is 0.931 bits per heavy atom. The summed E-state index contributed by atoms with van der Waals surface area (Å²) in [6.45, 7) is 1.98. The molecule has 0 unspecified atom stereocenters. The van der Waals surface area contributed by atoms with Crippen LogP contribution in [0.4, 0.5) is 0 Å². The summed E-state index contributed by atoms with van der Waals surface area (Å²) in [4.78, 5) is 13.0. The van der Waals surface area contributed by atoms with E-state index < -0.39 is 0 Å². The van der Waals surface area contributed by atoms with Crippen LogP contribution in [0.15, 0.2) is 71.8 Å². The largest absolute Gasteiger partial charge is 0.494 e. The summed E-state index contributed by atoms with van der Waals surface area (Å²) in [7, 11) is 3.06. The predicted octanol–water partition coefficient (Wildman–Crippen LogP) is 3.41. The molecule has 0 aliphatic carbocycles. The summed E-state index contributed by atoms with van der Waals surface area (Å²) >= 11 is 0. The Bertz CT molecular complexity index is 1210. The van der Waals surface area contributed by atoms with Gasteiger partial charge in [0.15, 0.2) is 11.4 Å². The molecule has 4 rings (SSSR count). The van der Waals surface area contributed by atoms with E-state index >= 15 is 0 Å². The van der Waals surface area contributed by atoms with Crippen molar-refractivity contribution in [2.45, 2.75) is 6.92 Å². The molecule has 29 heavy (non-hydrogen) atoms. The molecular formula is C22H20N4O3. The molecule has 0 radical (unpaired) electrons. The lowest BCUT2D eigenvalue weighted by atomic mass is 10.2. The zero-order chi connectivity index (χ0) is 20.4. The normalized spacial score (nSPS) is 10.7. The molecule has 0 spiro atoms. The molecule has 0 N–H and O–H groups in total. The number of hydrogen-bond acceptors (Lipinski definition) is 5. The third kappa shape index (κ3) is 3.38. The highest BCUT2D eigenvalue weighted by Gasteiger charge is 2.18. The summed E-state index contributed by atoms with van der Waals surface area (Å²) in [6, 6.07) is 17.1. The molecule has 0 amide bonds. The van der Waals surface area contributed by atoms with E-state index in [2.05, 4.69) is 10.2 Å². The van der Waals surface area contributed by atoms with E-state index in [0.717, 1.165) is 11.3 Å². The molecule has 4 aromatic rings. The van der Waals surface area contributed by atoms with Crippen molar-refractivity contribution in [1.29, 1.82) is 0 Å². The molecule has 0 saturated carbocycles. The van der Waals surface area contributed by atoms with Crippen LogP contribution in [0.2, 0.25) is 0 Å². The van der Waals surface area contributed by atoms with Crippen LogP contribution in [-0.2, 0) is 0 Å². The highest BCUT2D eigenvalue weighted by atomic mass is 16.5. The molecule has 0 saturated heterocycles. The Hall–Kier alpha value is -3.87. The zero-order valence-corrected chi connectivity index (χ0v) is 16.4. The molecule has 0 aliphatic rings. The number of benzene rings is 2. The van der Waals surface area contributed by atoms with Gasteiger partial charge in [0.05, 0.1) is 38.0 Å². The van der Waals surface area contributed by atoms with Crippen molar-refractivity contribution in [2.24, 2.45) is 0 Å². The molecule has 7 nitrogen and oxygen atoms in total. The number of para-hydroxylation sites is 1. The van der Waals surface area contributed by atoms with E-state index in [1.54, 1.807) is 34.9 Å². The minimum Gasteiger partial charge on any atom is -0.494 e. The lowest BCUT2D eigenvalue weighted by molar-refractivity contribution is 0.401. The maximum atomic E-state index is 13.0. The highest BCUT2D eigenvalue weighted by Crippen LogP contribution is 2.26. The molecule has 0 fully saturated rings. The van der Waals surface area contributed by atoms with E-state index in [1.807, 2.05) is 55.5 Å². The third-order valence-corrected chi connectivity index (χ3v) is 4.57. The van der Waals surface area contributed by atoms with Gasteiger partial charge in [-0.25, -0.2) is 9.36 Å². The summed E-state index contributed by atoms with van der Waals surface area (Å²) in [5.41, 5.74) is 3.07. The van der Waals surface area contributed by atoms with E-state index in [0.29, 0.717) is 17.1 Å². The van der Waals surface area contributed by atoms with E-state index in [-0.39, 0.29) is 16.9 Å². The van der Waals surface area contributed by atoms with Crippen LogP contribution >= 0.6 is 0 Å². The lowest BCUT2D eigenvalue weighted by Crippen LogP contribution is -2.18. The molecule has 0 bridgehead atoms. The maximum Gasteiger partial charge on any atom is 0.251 e. The van der Waals surface area contributed by atoms with Gasteiger partial charge >= 0.3 is 0 Å². The number of methoxy groups -OCH3 is 2. The van der Waals surface area contributed by atoms with Gasteiger partial charge in [-0.05, 0) is 42.8 Å². The first-order chi connectivity index (χ1) is 14.1. The lowest BCUT2D eigenvalue weighted by Gasteiger charge is -2.14. The van der Waals surface area contributed by atoms with Crippen LogP contribution in [0.3, 0.4) is 0 Å². The first kappa shape index (κ1) is 18.5. The van der Waals surface area contributed by atoms with Crippen LogP contribution in [0, 0.1) is 6.92 Å². The van der Waals surface area contributed by atoms with E-state index in [9.17, 15) is 4.79 Å². The fourth-order valence-corrected chi connectivity index (χ4v) is 3.14. The van der Waals surface area contributed by atoms with Crippen LogP contribution < -0.4 is 14.9 Å². The SMILES string of the molecule is COc1cc(C)ccc1-n1cc(OC)c(=O)c(-c2ccnn2-c2ccccc2)n1. The number of ether oxygens (including phenoxy) is 2. The molecule has 7 heteroatoms. The van der Waals surface area contributed by atoms with Gasteiger partial charge in [-0.2, -0.15) is 10.2 Å². The summed E-state index contributed by atoms with van der Waals surface area (Å²) in [5.74, 6) is 0.823. The molecule has 2 heterocycles. The van der Waals surface area contributed by atoms with Crippen LogP contribution in [0.5, 0.6) is 11.5 Å². The first-order valence-electron chi connectivity index (χ1n) is 9.05. The van der Waals surface area contributed by atoms with Gasteiger partial charge in [-0.15, -0.1) is 0 Å². The van der Waals surface area contributed by atoms with Crippen molar-refractivity contribution < 1.29 is 9.47 Å². The van der Waals surface area contributed by atoms with Gasteiger partial charge in [0.1, 0.15) is 11.4 Å². The standard InChI is InChI=1S/C22H20N4O3/c1-15-9-10-17(19(13-15)28-2)25-14-20(29-3)22(27)21(24-25)18-11-12-23-26(18)16-7-5-4-6-8-16/h4-14H,1-3H3. The Labute approximate surface area is 167 Å². The number of rotatable bonds is 5. The molecule has 2 aromatic heterocycles. The minimum absolute atomic E-state index is 0.179. The smallest absolute Gasteiger partial charge is 0.251 e. The van der Waals surface area contributed by atoms with Gasteiger partial charge < -0.3 is 9.47 Å². The van der Waals surface area contributed by atoms with E-state index in [4.69, 9.17) is 9.47 Å². The van der Waals surface area contributed by atoms with E-state index in [1.165, 1.54) is 7.11 Å². The average molecular weight is 388 g/mol. The van der Waals surface area contributed by atoms with Crippen molar-refractivity contribution in [3.05, 3.63) is 82.8 Å². The number of hydrogen-bond donors (Lipinski definition) is 0. The molecule has 0 atom stereocenters. The first-order valence-corrected chi connectivity index (χ1v) is 9.05. The maximum absolute atomic E-state index is 13.0. The van der Waals surface area contributed by atoms with Gasteiger partial charge in [0.25, 0.3) is 5.43 Å². The summed E-state index contributed by atoms with van der Waals surface area (Å²) in [6.07, 6.45) is 3.20. The van der Waals surface area contributed by atoms with Gasteiger partial charge in [-0.3, -0.25) is 4.79 Å². The van der Waals surface area contributed by atoms with Crippen molar-refractivity contribution >= 4 is 0 Å². The summed E-state index contributed by atoms with van der Waals surface area (Å²) < 4.78 is 14.1. The van der Waals surface area contributed by atoms with Crippen LogP contribution in [0.25, 0.3) is 22.8 Å². The molecule has 2 aromatic carbocycles. The van der Waals surface area contributed by atoms with Crippen LogP contribution in [0.1, 0.15) is 5.56 Å². The Morgan fingerprint density at radius 3 is 2.41 bits per heavy atom. The van der Waals surface area contributed by atoms with Crippen molar-refractivity contribution in [2.75, 3.05) is 14.2 Å².